The number of fused-ring (bicyclic) bond motifs is 1. The third-order valence-electron chi connectivity index (χ3n) is 3.93. The zero-order chi connectivity index (χ0) is 16.5. The Labute approximate surface area is 137 Å². The number of benzene rings is 3. The highest BCUT2D eigenvalue weighted by Crippen LogP contribution is 2.34. The first-order valence-electron chi connectivity index (χ1n) is 7.51. The molecule has 4 aromatic rings. The molecule has 0 saturated carbocycles. The van der Waals surface area contributed by atoms with Gasteiger partial charge in [0.1, 0.15) is 11.4 Å². The van der Waals surface area contributed by atoms with Gasteiger partial charge in [0.15, 0.2) is 11.6 Å². The van der Waals surface area contributed by atoms with Crippen LogP contribution in [0.4, 0.5) is 8.78 Å². The highest BCUT2D eigenvalue weighted by molar-refractivity contribution is 6.01. The molecule has 4 heteroatoms. The normalized spacial score (nSPS) is 10.9. The van der Waals surface area contributed by atoms with Crippen LogP contribution in [-0.2, 0) is 0 Å². The predicted molar refractivity (Wildman–Crippen MR) is 90.3 cm³/mol. The lowest BCUT2D eigenvalue weighted by Gasteiger charge is -2.11. The van der Waals surface area contributed by atoms with Gasteiger partial charge >= 0.3 is 0 Å². The van der Waals surface area contributed by atoms with E-state index in [2.05, 4.69) is 10.2 Å². The summed E-state index contributed by atoms with van der Waals surface area (Å²) < 4.78 is 28.5. The summed E-state index contributed by atoms with van der Waals surface area (Å²) in [5.74, 6) is -1.80. The van der Waals surface area contributed by atoms with Crippen molar-refractivity contribution in [1.29, 1.82) is 0 Å². The van der Waals surface area contributed by atoms with Gasteiger partial charge < -0.3 is 0 Å². The van der Waals surface area contributed by atoms with E-state index >= 15 is 0 Å². The summed E-state index contributed by atoms with van der Waals surface area (Å²) in [7, 11) is 0. The minimum atomic E-state index is -0.904. The topological polar surface area (TPSA) is 25.8 Å². The molecule has 2 nitrogen and oxygen atoms in total. The molecule has 0 unspecified atom stereocenters. The van der Waals surface area contributed by atoms with Crippen molar-refractivity contribution in [2.75, 3.05) is 0 Å². The average Bonchev–Trinajstić information content (AvgIpc) is 2.65. The first-order chi connectivity index (χ1) is 11.8. The van der Waals surface area contributed by atoms with Crippen LogP contribution in [0.2, 0.25) is 0 Å². The number of aromatic nitrogens is 2. The summed E-state index contributed by atoms with van der Waals surface area (Å²) in [4.78, 5) is 0. The standard InChI is InChI=1S/C20H12F2N2/c21-16-12-11-15-17(18(16)22)20(14-9-5-2-6-10-14)24-23-19(15)13-7-3-1-4-8-13/h1-12H. The van der Waals surface area contributed by atoms with E-state index in [1.54, 1.807) is 18.2 Å². The Balaban J connectivity index is 2.09. The molecule has 3 aromatic carbocycles. The Bertz CT molecular complexity index is 1020. The van der Waals surface area contributed by atoms with Crippen molar-refractivity contribution in [3.8, 4) is 22.5 Å². The van der Waals surface area contributed by atoms with Crippen molar-refractivity contribution < 1.29 is 8.78 Å². The molecule has 116 valence electrons. The van der Waals surface area contributed by atoms with Crippen LogP contribution in [0.25, 0.3) is 33.3 Å². The van der Waals surface area contributed by atoms with Crippen LogP contribution in [0.1, 0.15) is 0 Å². The van der Waals surface area contributed by atoms with E-state index < -0.39 is 11.6 Å². The van der Waals surface area contributed by atoms with Crippen LogP contribution >= 0.6 is 0 Å². The molecule has 0 aliphatic heterocycles. The third-order valence-corrected chi connectivity index (χ3v) is 3.93. The Hall–Kier alpha value is -3.14. The second-order valence-electron chi connectivity index (χ2n) is 5.41. The molecule has 1 aromatic heterocycles. The van der Waals surface area contributed by atoms with E-state index in [-0.39, 0.29) is 5.39 Å². The van der Waals surface area contributed by atoms with Crippen LogP contribution in [0.15, 0.2) is 72.8 Å². The quantitative estimate of drug-likeness (QED) is 0.505. The SMILES string of the molecule is Fc1ccc2c(-c3ccccc3)nnc(-c3ccccc3)c2c1F. The monoisotopic (exact) mass is 318 g/mol. The fraction of sp³-hybridized carbons (Fsp3) is 0. The number of nitrogens with zero attached hydrogens (tertiary/aromatic N) is 2. The van der Waals surface area contributed by atoms with Gasteiger partial charge in [-0.15, -0.1) is 10.2 Å². The van der Waals surface area contributed by atoms with Crippen molar-refractivity contribution in [1.82, 2.24) is 10.2 Å². The van der Waals surface area contributed by atoms with Crippen molar-refractivity contribution in [3.63, 3.8) is 0 Å². The minimum absolute atomic E-state index is 0.148. The summed E-state index contributed by atoms with van der Waals surface area (Å²) >= 11 is 0. The molecule has 0 saturated heterocycles. The van der Waals surface area contributed by atoms with Crippen molar-refractivity contribution in [3.05, 3.63) is 84.4 Å². The number of hydrogen-bond acceptors (Lipinski definition) is 2. The zero-order valence-electron chi connectivity index (χ0n) is 12.6. The van der Waals surface area contributed by atoms with Crippen LogP contribution in [-0.4, -0.2) is 10.2 Å². The van der Waals surface area contributed by atoms with E-state index in [0.717, 1.165) is 11.6 Å². The average molecular weight is 318 g/mol. The molecule has 4 rings (SSSR count). The van der Waals surface area contributed by atoms with Gasteiger partial charge in [-0.25, -0.2) is 8.78 Å². The highest BCUT2D eigenvalue weighted by atomic mass is 19.2. The molecule has 0 spiro atoms. The summed E-state index contributed by atoms with van der Waals surface area (Å²) in [5.41, 5.74) is 2.37. The second-order valence-corrected chi connectivity index (χ2v) is 5.41. The van der Waals surface area contributed by atoms with Crippen LogP contribution in [0, 0.1) is 11.6 Å². The molecule has 0 aliphatic carbocycles. The van der Waals surface area contributed by atoms with Gasteiger partial charge in [0.05, 0.1) is 5.39 Å². The maximum absolute atomic E-state index is 14.6. The molecular formula is C20H12F2N2. The van der Waals surface area contributed by atoms with E-state index in [0.29, 0.717) is 22.3 Å². The van der Waals surface area contributed by atoms with Gasteiger partial charge in [-0.2, -0.15) is 0 Å². The lowest BCUT2D eigenvalue weighted by atomic mass is 10.00. The Morgan fingerprint density at radius 2 is 1.12 bits per heavy atom. The number of rotatable bonds is 2. The molecule has 0 atom stereocenters. The molecular weight excluding hydrogens is 306 g/mol. The van der Waals surface area contributed by atoms with Gasteiger partial charge in [0.25, 0.3) is 0 Å². The van der Waals surface area contributed by atoms with E-state index in [9.17, 15) is 8.78 Å². The van der Waals surface area contributed by atoms with E-state index in [1.807, 2.05) is 48.5 Å². The Morgan fingerprint density at radius 3 is 1.75 bits per heavy atom. The zero-order valence-corrected chi connectivity index (χ0v) is 12.6. The summed E-state index contributed by atoms with van der Waals surface area (Å²) in [6.45, 7) is 0. The molecule has 0 bridgehead atoms. The fourth-order valence-corrected chi connectivity index (χ4v) is 2.79. The first kappa shape index (κ1) is 14.5. The number of hydrogen-bond donors (Lipinski definition) is 0. The van der Waals surface area contributed by atoms with Gasteiger partial charge in [-0.1, -0.05) is 60.7 Å². The molecule has 0 radical (unpaired) electrons. The highest BCUT2D eigenvalue weighted by Gasteiger charge is 2.18. The summed E-state index contributed by atoms with van der Waals surface area (Å²) in [6.07, 6.45) is 0. The van der Waals surface area contributed by atoms with Crippen molar-refractivity contribution in [2.24, 2.45) is 0 Å². The van der Waals surface area contributed by atoms with E-state index in [1.165, 1.54) is 0 Å². The largest absolute Gasteiger partial charge is 0.204 e. The van der Waals surface area contributed by atoms with Crippen molar-refractivity contribution in [2.45, 2.75) is 0 Å². The smallest absolute Gasteiger partial charge is 0.168 e. The molecule has 0 amide bonds. The third kappa shape index (κ3) is 2.33. The predicted octanol–water partition coefficient (Wildman–Crippen LogP) is 5.24. The van der Waals surface area contributed by atoms with Crippen molar-refractivity contribution >= 4 is 10.8 Å². The van der Waals surface area contributed by atoms with Gasteiger partial charge in [0, 0.05) is 16.5 Å². The summed E-state index contributed by atoms with van der Waals surface area (Å²) in [6, 6.07) is 21.1. The van der Waals surface area contributed by atoms with Crippen LogP contribution < -0.4 is 0 Å². The molecule has 24 heavy (non-hydrogen) atoms. The number of halogens is 2. The van der Waals surface area contributed by atoms with Gasteiger partial charge in [-0.3, -0.25) is 0 Å². The molecule has 0 N–H and O–H groups in total. The molecule has 0 fully saturated rings. The lowest BCUT2D eigenvalue weighted by Crippen LogP contribution is -1.98. The lowest BCUT2D eigenvalue weighted by molar-refractivity contribution is 0.517. The van der Waals surface area contributed by atoms with Crippen LogP contribution in [0.5, 0.6) is 0 Å². The van der Waals surface area contributed by atoms with Gasteiger partial charge in [0.2, 0.25) is 0 Å². The summed E-state index contributed by atoms with van der Waals surface area (Å²) in [5, 5.41) is 9.17. The molecule has 1 heterocycles. The second kappa shape index (κ2) is 5.81. The molecule has 0 aliphatic rings. The Kier molecular flexibility index (Phi) is 3.50. The Morgan fingerprint density at radius 1 is 0.583 bits per heavy atom. The van der Waals surface area contributed by atoms with E-state index in [4.69, 9.17) is 0 Å². The fourth-order valence-electron chi connectivity index (χ4n) is 2.79. The van der Waals surface area contributed by atoms with Gasteiger partial charge in [-0.05, 0) is 12.1 Å². The first-order valence-corrected chi connectivity index (χ1v) is 7.51. The van der Waals surface area contributed by atoms with Crippen LogP contribution in [0.3, 0.4) is 0 Å². The minimum Gasteiger partial charge on any atom is -0.204 e. The maximum atomic E-state index is 14.6. The maximum Gasteiger partial charge on any atom is 0.168 e.